The van der Waals surface area contributed by atoms with Crippen LogP contribution in [-0.4, -0.2) is 35.3 Å². The van der Waals surface area contributed by atoms with Crippen molar-refractivity contribution in [3.63, 3.8) is 0 Å². The Morgan fingerprint density at radius 2 is 1.92 bits per heavy atom. The minimum Gasteiger partial charge on any atom is -0.475 e. The molecule has 136 valence electrons. The average Bonchev–Trinajstić information content (AvgIpc) is 2.62. The number of benzene rings is 1. The van der Waals surface area contributed by atoms with Gasteiger partial charge in [0.05, 0.1) is 18.3 Å². The summed E-state index contributed by atoms with van der Waals surface area (Å²) in [5, 5.41) is 4.19. The summed E-state index contributed by atoms with van der Waals surface area (Å²) < 4.78 is 23.7. The molecule has 1 aromatic carbocycles. The molecule has 0 saturated heterocycles. The van der Waals surface area contributed by atoms with Crippen molar-refractivity contribution in [2.45, 2.75) is 19.9 Å². The summed E-state index contributed by atoms with van der Waals surface area (Å²) in [6.07, 6.45) is 1.67. The lowest BCUT2D eigenvalue weighted by atomic mass is 10.1. The second-order valence-electron chi connectivity index (χ2n) is 5.92. The maximum absolute atomic E-state index is 13.1. The van der Waals surface area contributed by atoms with Crippen LogP contribution in [0.2, 0.25) is 0 Å². The van der Waals surface area contributed by atoms with Gasteiger partial charge in [-0.15, -0.1) is 0 Å². The molecule has 0 aliphatic rings. The molecular formula is C19H21FN4O2. The third-order valence-corrected chi connectivity index (χ3v) is 3.93. The van der Waals surface area contributed by atoms with Crippen molar-refractivity contribution in [1.82, 2.24) is 15.0 Å². The molecule has 3 rings (SSSR count). The number of nitrogens with one attached hydrogen (secondary N) is 1. The van der Waals surface area contributed by atoms with E-state index in [1.165, 1.54) is 12.1 Å². The molecule has 1 N–H and O–H groups in total. The number of hydrogen-bond acceptors (Lipinski definition) is 6. The second-order valence-corrected chi connectivity index (χ2v) is 5.92. The summed E-state index contributed by atoms with van der Waals surface area (Å²) in [5.41, 5.74) is 1.69. The Balaban J connectivity index is 1.89. The van der Waals surface area contributed by atoms with Crippen LogP contribution in [0.15, 0.2) is 36.5 Å². The minimum absolute atomic E-state index is 0.0564. The molecule has 2 heterocycles. The molecule has 0 radical (unpaired) electrons. The first-order valence-electron chi connectivity index (χ1n) is 8.35. The molecule has 3 aromatic rings. The topological polar surface area (TPSA) is 69.2 Å². The van der Waals surface area contributed by atoms with Gasteiger partial charge in [0.2, 0.25) is 5.88 Å². The van der Waals surface area contributed by atoms with Gasteiger partial charge in [0.1, 0.15) is 24.1 Å². The third-order valence-electron chi connectivity index (χ3n) is 3.93. The van der Waals surface area contributed by atoms with E-state index in [1.807, 2.05) is 19.9 Å². The lowest BCUT2D eigenvalue weighted by molar-refractivity contribution is 0.144. The van der Waals surface area contributed by atoms with E-state index < -0.39 is 0 Å². The highest BCUT2D eigenvalue weighted by Crippen LogP contribution is 2.27. The largest absolute Gasteiger partial charge is 0.475 e. The molecule has 2 aromatic heterocycles. The normalized spacial score (nSPS) is 12.2. The summed E-state index contributed by atoms with van der Waals surface area (Å²) in [5.74, 6) is 1.55. The smallest absolute Gasteiger partial charge is 0.214 e. The van der Waals surface area contributed by atoms with Gasteiger partial charge < -0.3 is 14.8 Å². The van der Waals surface area contributed by atoms with E-state index in [0.29, 0.717) is 30.7 Å². The second kappa shape index (κ2) is 8.05. The van der Waals surface area contributed by atoms with Gasteiger partial charge in [-0.1, -0.05) is 12.1 Å². The summed E-state index contributed by atoms with van der Waals surface area (Å²) in [6, 6.07) is 8.16. The number of fused-ring (bicyclic) bond motifs is 1. The highest BCUT2D eigenvalue weighted by Gasteiger charge is 2.12. The van der Waals surface area contributed by atoms with Gasteiger partial charge in [0.15, 0.2) is 0 Å². The molecule has 0 fully saturated rings. The van der Waals surface area contributed by atoms with Crippen LogP contribution >= 0.6 is 0 Å². The van der Waals surface area contributed by atoms with Crippen molar-refractivity contribution in [2.24, 2.45) is 0 Å². The van der Waals surface area contributed by atoms with Crippen LogP contribution in [0.1, 0.15) is 24.4 Å². The van der Waals surface area contributed by atoms with Crippen LogP contribution in [0.3, 0.4) is 0 Å². The fourth-order valence-corrected chi connectivity index (χ4v) is 2.59. The Kier molecular flexibility index (Phi) is 5.58. The van der Waals surface area contributed by atoms with Crippen LogP contribution in [0.5, 0.6) is 5.88 Å². The van der Waals surface area contributed by atoms with Gasteiger partial charge in [0, 0.05) is 24.6 Å². The fraction of sp³-hybridized carbons (Fsp3) is 0.316. The maximum Gasteiger partial charge on any atom is 0.214 e. The first-order valence-corrected chi connectivity index (χ1v) is 8.35. The zero-order chi connectivity index (χ0) is 18.5. The molecule has 0 saturated carbocycles. The van der Waals surface area contributed by atoms with Gasteiger partial charge in [-0.25, -0.2) is 19.3 Å². The summed E-state index contributed by atoms with van der Waals surface area (Å²) >= 11 is 0. The summed E-state index contributed by atoms with van der Waals surface area (Å²) in [7, 11) is 1.62. The number of pyridine rings is 1. The monoisotopic (exact) mass is 356 g/mol. The predicted octanol–water partition coefficient (Wildman–Crippen LogP) is 3.67. The molecule has 0 bridgehead atoms. The molecule has 0 aliphatic heterocycles. The van der Waals surface area contributed by atoms with Crippen LogP contribution < -0.4 is 10.1 Å². The zero-order valence-electron chi connectivity index (χ0n) is 15.0. The van der Waals surface area contributed by atoms with Crippen LogP contribution in [0.25, 0.3) is 10.9 Å². The van der Waals surface area contributed by atoms with E-state index in [-0.39, 0.29) is 11.9 Å². The Labute approximate surface area is 151 Å². The van der Waals surface area contributed by atoms with E-state index in [2.05, 4.69) is 20.3 Å². The Bertz CT molecular complexity index is 887. The van der Waals surface area contributed by atoms with Crippen LogP contribution in [0, 0.1) is 12.7 Å². The molecule has 0 spiro atoms. The SMILES string of the molecule is COCCOc1cc2c(N[C@H](C)c3ccc(F)cc3)nc(C)nc2cn1. The first kappa shape index (κ1) is 18.0. The number of halogens is 1. The van der Waals surface area contributed by atoms with E-state index in [9.17, 15) is 4.39 Å². The lowest BCUT2D eigenvalue weighted by Crippen LogP contribution is -2.10. The Morgan fingerprint density at radius 3 is 2.65 bits per heavy atom. The van der Waals surface area contributed by atoms with E-state index in [0.717, 1.165) is 16.5 Å². The predicted molar refractivity (Wildman–Crippen MR) is 97.9 cm³/mol. The van der Waals surface area contributed by atoms with Gasteiger partial charge >= 0.3 is 0 Å². The quantitative estimate of drug-likeness (QED) is 0.652. The number of hydrogen-bond donors (Lipinski definition) is 1. The van der Waals surface area contributed by atoms with Gasteiger partial charge in [-0.05, 0) is 31.5 Å². The highest BCUT2D eigenvalue weighted by molar-refractivity contribution is 5.89. The van der Waals surface area contributed by atoms with E-state index in [1.54, 1.807) is 25.4 Å². The van der Waals surface area contributed by atoms with Crippen molar-refractivity contribution in [2.75, 3.05) is 25.6 Å². The number of methoxy groups -OCH3 is 1. The van der Waals surface area contributed by atoms with Gasteiger partial charge in [-0.2, -0.15) is 0 Å². The summed E-state index contributed by atoms with van der Waals surface area (Å²) in [6.45, 7) is 4.72. The number of aryl methyl sites for hydroxylation is 1. The fourth-order valence-electron chi connectivity index (χ4n) is 2.59. The number of ether oxygens (including phenoxy) is 2. The molecule has 0 amide bonds. The van der Waals surface area contributed by atoms with Crippen LogP contribution in [-0.2, 0) is 4.74 Å². The van der Waals surface area contributed by atoms with Crippen molar-refractivity contribution >= 4 is 16.7 Å². The van der Waals surface area contributed by atoms with Crippen molar-refractivity contribution in [3.05, 3.63) is 53.7 Å². The van der Waals surface area contributed by atoms with Crippen molar-refractivity contribution in [3.8, 4) is 5.88 Å². The number of nitrogens with zero attached hydrogens (tertiary/aromatic N) is 3. The molecule has 6 nitrogen and oxygen atoms in total. The lowest BCUT2D eigenvalue weighted by Gasteiger charge is -2.17. The molecule has 0 aliphatic carbocycles. The van der Waals surface area contributed by atoms with Crippen molar-refractivity contribution in [1.29, 1.82) is 0 Å². The zero-order valence-corrected chi connectivity index (χ0v) is 15.0. The van der Waals surface area contributed by atoms with Crippen LogP contribution in [0.4, 0.5) is 10.2 Å². The van der Waals surface area contributed by atoms with E-state index >= 15 is 0 Å². The summed E-state index contributed by atoms with van der Waals surface area (Å²) in [4.78, 5) is 13.2. The highest BCUT2D eigenvalue weighted by atomic mass is 19.1. The Morgan fingerprint density at radius 1 is 1.15 bits per heavy atom. The van der Waals surface area contributed by atoms with Gasteiger partial charge in [0.25, 0.3) is 0 Å². The number of anilines is 1. The number of aromatic nitrogens is 3. The van der Waals surface area contributed by atoms with Gasteiger partial charge in [-0.3, -0.25) is 0 Å². The molecule has 1 atom stereocenters. The molecule has 7 heteroatoms. The first-order chi connectivity index (χ1) is 12.6. The van der Waals surface area contributed by atoms with E-state index in [4.69, 9.17) is 9.47 Å². The molecule has 26 heavy (non-hydrogen) atoms. The average molecular weight is 356 g/mol. The maximum atomic E-state index is 13.1. The minimum atomic E-state index is -0.256. The third kappa shape index (κ3) is 4.23. The molecular weight excluding hydrogens is 335 g/mol. The molecule has 0 unspecified atom stereocenters. The van der Waals surface area contributed by atoms with Crippen molar-refractivity contribution < 1.29 is 13.9 Å². The standard InChI is InChI=1S/C19H21FN4O2/c1-12(14-4-6-15(20)7-5-14)22-19-16-10-18(26-9-8-25-3)21-11-17(16)23-13(2)24-19/h4-7,10-12H,8-9H2,1-3H3,(H,22,23,24)/t12-/m1/s1. The number of rotatable bonds is 7. The Hall–Kier alpha value is -2.80.